The molecule has 154 valence electrons. The van der Waals surface area contributed by atoms with Gasteiger partial charge in [-0.05, 0) is 57.4 Å². The monoisotopic (exact) mass is 410 g/mol. The average molecular weight is 411 g/mol. The molecular weight excluding hydrogens is 383 g/mol. The number of sulfonamides is 1. The Balaban J connectivity index is 2.28. The van der Waals surface area contributed by atoms with Crippen molar-refractivity contribution in [3.8, 4) is 0 Å². The average Bonchev–Trinajstić information content (AvgIpc) is 3.36. The minimum absolute atomic E-state index is 0.228. The van der Waals surface area contributed by atoms with Gasteiger partial charge in [0, 0.05) is 11.7 Å². The van der Waals surface area contributed by atoms with Crippen molar-refractivity contribution in [1.82, 2.24) is 4.72 Å². The lowest BCUT2D eigenvalue weighted by Crippen LogP contribution is -2.48. The second-order valence-corrected chi connectivity index (χ2v) is 9.41. The maximum Gasteiger partial charge on any atom is 0.246 e. The number of nitrogens with one attached hydrogen (secondary N) is 1. The minimum Gasteiger partial charge on any atom is -0.309 e. The first-order valence-electron chi connectivity index (χ1n) is 9.27. The normalized spacial score (nSPS) is 15.2. The fourth-order valence-electron chi connectivity index (χ4n) is 3.04. The number of benzene rings is 1. The van der Waals surface area contributed by atoms with E-state index in [9.17, 15) is 22.4 Å². The van der Waals surface area contributed by atoms with E-state index in [2.05, 4.69) is 6.58 Å². The summed E-state index contributed by atoms with van der Waals surface area (Å²) in [6.07, 6.45) is 2.11. The molecule has 0 aliphatic heterocycles. The van der Waals surface area contributed by atoms with Gasteiger partial charge in [0.2, 0.25) is 21.8 Å². The van der Waals surface area contributed by atoms with Crippen molar-refractivity contribution in [1.29, 1.82) is 0 Å². The van der Waals surface area contributed by atoms with Crippen LogP contribution in [0, 0.1) is 17.7 Å². The first-order valence-corrected chi connectivity index (χ1v) is 10.9. The van der Waals surface area contributed by atoms with Crippen LogP contribution in [0.15, 0.2) is 36.4 Å². The molecule has 2 amide bonds. The van der Waals surface area contributed by atoms with Crippen LogP contribution in [0.1, 0.15) is 40.0 Å². The van der Waals surface area contributed by atoms with E-state index in [1.54, 1.807) is 20.8 Å². The molecule has 1 saturated carbocycles. The molecule has 1 aromatic carbocycles. The third-order valence-corrected chi connectivity index (χ3v) is 5.82. The lowest BCUT2D eigenvalue weighted by molar-refractivity contribution is -0.133. The van der Waals surface area contributed by atoms with Crippen LogP contribution in [0.5, 0.6) is 0 Å². The molecule has 1 N–H and O–H groups in total. The molecule has 0 aromatic heterocycles. The van der Waals surface area contributed by atoms with E-state index in [-0.39, 0.29) is 24.1 Å². The fourth-order valence-corrected chi connectivity index (χ4v) is 4.21. The number of anilines is 1. The van der Waals surface area contributed by atoms with Gasteiger partial charge in [0.15, 0.2) is 0 Å². The summed E-state index contributed by atoms with van der Waals surface area (Å²) in [4.78, 5) is 27.4. The first kappa shape index (κ1) is 22.1. The number of rotatable bonds is 9. The smallest absolute Gasteiger partial charge is 0.246 e. The van der Waals surface area contributed by atoms with Gasteiger partial charge in [0.25, 0.3) is 0 Å². The largest absolute Gasteiger partial charge is 0.309 e. The van der Waals surface area contributed by atoms with E-state index in [4.69, 9.17) is 0 Å². The summed E-state index contributed by atoms with van der Waals surface area (Å²) in [6.45, 7) is 8.66. The molecule has 6 nitrogen and oxygen atoms in total. The predicted molar refractivity (Wildman–Crippen MR) is 107 cm³/mol. The molecule has 2 rings (SSSR count). The molecule has 1 fully saturated rings. The zero-order chi connectivity index (χ0) is 21.1. The maximum absolute atomic E-state index is 13.3. The standard InChI is InChI=1S/C20H27FN2O4S/c1-13(2)12-28(26,27)22-19(24)18(11-15-5-6-15)20(25)23(14(3)4)17-9-7-16(21)8-10-17/h7-10,14-15,18H,1,5-6,11-12H2,2-4H3,(H,22,24). The minimum atomic E-state index is -3.91. The van der Waals surface area contributed by atoms with Crippen molar-refractivity contribution in [2.45, 2.75) is 46.1 Å². The number of amides is 2. The predicted octanol–water partition coefficient (Wildman–Crippen LogP) is 3.01. The summed E-state index contributed by atoms with van der Waals surface area (Å²) in [5.74, 6) is -3.03. The van der Waals surface area contributed by atoms with Crippen LogP contribution in [-0.2, 0) is 19.6 Å². The van der Waals surface area contributed by atoms with Crippen LogP contribution < -0.4 is 9.62 Å². The van der Waals surface area contributed by atoms with Gasteiger partial charge in [0.1, 0.15) is 11.7 Å². The van der Waals surface area contributed by atoms with Crippen molar-refractivity contribution in [3.05, 3.63) is 42.2 Å². The molecule has 0 bridgehead atoms. The van der Waals surface area contributed by atoms with Gasteiger partial charge >= 0.3 is 0 Å². The molecule has 1 atom stereocenters. The summed E-state index contributed by atoms with van der Waals surface area (Å²) >= 11 is 0. The van der Waals surface area contributed by atoms with Crippen molar-refractivity contribution in [2.24, 2.45) is 11.8 Å². The zero-order valence-corrected chi connectivity index (χ0v) is 17.3. The second-order valence-electron chi connectivity index (χ2n) is 7.69. The van der Waals surface area contributed by atoms with E-state index in [0.29, 0.717) is 11.3 Å². The third kappa shape index (κ3) is 6.15. The Kier molecular flexibility index (Phi) is 6.98. The van der Waals surface area contributed by atoms with Crippen LogP contribution in [0.3, 0.4) is 0 Å². The van der Waals surface area contributed by atoms with Gasteiger partial charge < -0.3 is 4.90 Å². The Bertz CT molecular complexity index is 845. The van der Waals surface area contributed by atoms with Crippen molar-refractivity contribution >= 4 is 27.5 Å². The van der Waals surface area contributed by atoms with Gasteiger partial charge in [-0.15, -0.1) is 0 Å². The highest BCUT2D eigenvalue weighted by Crippen LogP contribution is 2.36. The molecule has 1 aliphatic carbocycles. The summed E-state index contributed by atoms with van der Waals surface area (Å²) in [5, 5.41) is 0. The highest BCUT2D eigenvalue weighted by atomic mass is 32.2. The number of hydrogen-bond donors (Lipinski definition) is 1. The van der Waals surface area contributed by atoms with Crippen LogP contribution in [0.25, 0.3) is 0 Å². The molecule has 0 radical (unpaired) electrons. The molecule has 8 heteroatoms. The van der Waals surface area contributed by atoms with Crippen LogP contribution in [0.2, 0.25) is 0 Å². The Morgan fingerprint density at radius 2 is 1.82 bits per heavy atom. The van der Waals surface area contributed by atoms with E-state index in [0.717, 1.165) is 12.8 Å². The lowest BCUT2D eigenvalue weighted by atomic mass is 9.98. The summed E-state index contributed by atoms with van der Waals surface area (Å²) in [6, 6.07) is 5.13. The molecule has 1 aliphatic rings. The van der Waals surface area contributed by atoms with Crippen molar-refractivity contribution < 1.29 is 22.4 Å². The van der Waals surface area contributed by atoms with Crippen LogP contribution in [0.4, 0.5) is 10.1 Å². The van der Waals surface area contributed by atoms with Crippen LogP contribution >= 0.6 is 0 Å². The number of carbonyl (C=O) groups is 2. The summed E-state index contributed by atoms with van der Waals surface area (Å²) in [5.41, 5.74) is 0.847. The molecule has 1 aromatic rings. The van der Waals surface area contributed by atoms with Gasteiger partial charge in [-0.25, -0.2) is 12.8 Å². The Morgan fingerprint density at radius 3 is 2.29 bits per heavy atom. The Hall–Kier alpha value is -2.22. The summed E-state index contributed by atoms with van der Waals surface area (Å²) in [7, 11) is -3.91. The topological polar surface area (TPSA) is 83.5 Å². The van der Waals surface area contributed by atoms with Crippen LogP contribution in [-0.4, -0.2) is 32.0 Å². The quantitative estimate of drug-likeness (QED) is 0.501. The number of nitrogens with zero attached hydrogens (tertiary/aromatic N) is 1. The van der Waals surface area contributed by atoms with Gasteiger partial charge in [-0.2, -0.15) is 0 Å². The molecule has 1 unspecified atom stereocenters. The zero-order valence-electron chi connectivity index (χ0n) is 16.4. The highest BCUT2D eigenvalue weighted by Gasteiger charge is 2.38. The maximum atomic E-state index is 13.3. The van der Waals surface area contributed by atoms with E-state index in [1.807, 2.05) is 4.72 Å². The van der Waals surface area contributed by atoms with E-state index >= 15 is 0 Å². The SMILES string of the molecule is C=C(C)CS(=O)(=O)NC(=O)C(CC1CC1)C(=O)N(c1ccc(F)cc1)C(C)C. The highest BCUT2D eigenvalue weighted by molar-refractivity contribution is 7.90. The van der Waals surface area contributed by atoms with Gasteiger partial charge in [-0.3, -0.25) is 14.3 Å². The molecule has 0 saturated heterocycles. The van der Waals surface area contributed by atoms with E-state index < -0.39 is 33.6 Å². The molecule has 0 spiro atoms. The third-order valence-electron chi connectivity index (χ3n) is 4.43. The molecule has 0 heterocycles. The summed E-state index contributed by atoms with van der Waals surface area (Å²) < 4.78 is 39.6. The van der Waals surface area contributed by atoms with Gasteiger partial charge in [-0.1, -0.05) is 25.0 Å². The Morgan fingerprint density at radius 1 is 1.25 bits per heavy atom. The first-order chi connectivity index (χ1) is 13.0. The number of hydrogen-bond acceptors (Lipinski definition) is 4. The van der Waals surface area contributed by atoms with E-state index in [1.165, 1.54) is 29.2 Å². The lowest BCUT2D eigenvalue weighted by Gasteiger charge is -2.30. The number of halogens is 1. The number of carbonyl (C=O) groups excluding carboxylic acids is 2. The Labute approximate surface area is 165 Å². The molecular formula is C20H27FN2O4S. The second kappa shape index (κ2) is 8.86. The molecule has 28 heavy (non-hydrogen) atoms. The van der Waals surface area contributed by atoms with Crippen molar-refractivity contribution in [2.75, 3.05) is 10.7 Å². The van der Waals surface area contributed by atoms with Crippen molar-refractivity contribution in [3.63, 3.8) is 0 Å². The van der Waals surface area contributed by atoms with Gasteiger partial charge in [0.05, 0.1) is 5.75 Å². The fraction of sp³-hybridized carbons (Fsp3) is 0.500.